The first-order valence-electron chi connectivity index (χ1n) is 8.29. The average Bonchev–Trinajstić information content (AvgIpc) is 2.60. The first-order valence-corrected chi connectivity index (χ1v) is 8.29. The highest BCUT2D eigenvalue weighted by Gasteiger charge is 2.50. The number of Topliss-reactive ketones (excluding diaryl/α,β-unsaturated/α-hetero) is 1. The topological polar surface area (TPSA) is 186 Å². The molecule has 0 radical (unpaired) electrons. The molecule has 11 heteroatoms. The van der Waals surface area contributed by atoms with Gasteiger partial charge < -0.3 is 50.0 Å². The van der Waals surface area contributed by atoms with Gasteiger partial charge in [-0.2, -0.15) is 0 Å². The summed E-state index contributed by atoms with van der Waals surface area (Å²) in [7, 11) is 0. The molecule has 0 aliphatic carbocycles. The summed E-state index contributed by atoms with van der Waals surface area (Å²) >= 11 is 0. The molecule has 2 heterocycles. The number of aliphatic hydroxyl groups is 7. The van der Waals surface area contributed by atoms with Crippen LogP contribution in [-0.2, 0) is 19.0 Å². The number of ketones is 1. The molecule has 0 unspecified atom stereocenters. The molecule has 26 heavy (non-hydrogen) atoms. The molecule has 2 aliphatic heterocycles. The number of hydrogen-bond acceptors (Lipinski definition) is 11. The van der Waals surface area contributed by atoms with Crippen LogP contribution in [0, 0.1) is 0 Å². The summed E-state index contributed by atoms with van der Waals surface area (Å²) < 4.78 is 16.0. The van der Waals surface area contributed by atoms with Crippen LogP contribution in [0.1, 0.15) is 13.3 Å². The Labute approximate surface area is 149 Å². The van der Waals surface area contributed by atoms with Gasteiger partial charge in [-0.1, -0.05) is 0 Å². The summed E-state index contributed by atoms with van der Waals surface area (Å²) in [5.74, 6) is -0.286. The Morgan fingerprint density at radius 2 is 1.38 bits per heavy atom. The molecule has 10 atom stereocenters. The summed E-state index contributed by atoms with van der Waals surface area (Å²) in [4.78, 5) is 11.2. The Balaban J connectivity index is 2.12. The van der Waals surface area contributed by atoms with Crippen molar-refractivity contribution in [1.29, 1.82) is 0 Å². The van der Waals surface area contributed by atoms with E-state index in [0.29, 0.717) is 0 Å². The molecular formula is C15H26O11. The van der Waals surface area contributed by atoms with Crippen molar-refractivity contribution in [3.8, 4) is 0 Å². The van der Waals surface area contributed by atoms with Crippen LogP contribution < -0.4 is 0 Å². The van der Waals surface area contributed by atoms with Gasteiger partial charge in [0.15, 0.2) is 6.29 Å². The molecule has 0 aromatic carbocycles. The lowest BCUT2D eigenvalue weighted by Crippen LogP contribution is -2.64. The second kappa shape index (κ2) is 8.97. The van der Waals surface area contributed by atoms with E-state index in [2.05, 4.69) is 0 Å². The molecule has 152 valence electrons. The van der Waals surface area contributed by atoms with Gasteiger partial charge in [-0.05, 0) is 6.92 Å². The zero-order valence-corrected chi connectivity index (χ0v) is 14.2. The van der Waals surface area contributed by atoms with Gasteiger partial charge in [-0.25, -0.2) is 0 Å². The maximum absolute atomic E-state index is 11.2. The van der Waals surface area contributed by atoms with E-state index in [-0.39, 0.29) is 12.2 Å². The predicted octanol–water partition coefficient (Wildman–Crippen LogP) is -4.37. The van der Waals surface area contributed by atoms with Crippen molar-refractivity contribution >= 4 is 5.78 Å². The van der Waals surface area contributed by atoms with Crippen molar-refractivity contribution < 1.29 is 54.8 Å². The maximum Gasteiger partial charge on any atom is 0.187 e. The monoisotopic (exact) mass is 382 g/mol. The van der Waals surface area contributed by atoms with Gasteiger partial charge in [-0.15, -0.1) is 0 Å². The van der Waals surface area contributed by atoms with Gasteiger partial charge in [0.25, 0.3) is 0 Å². The van der Waals surface area contributed by atoms with E-state index in [1.54, 1.807) is 0 Å². The van der Waals surface area contributed by atoms with Crippen molar-refractivity contribution in [2.45, 2.75) is 74.6 Å². The lowest BCUT2D eigenvalue weighted by Gasteiger charge is -2.46. The SMILES string of the molecule is CC(=O)C[C@@H]1O[C@H](CO)[C@@H](O[C@@H]2O[C@H](CO)[C@@H](O)[C@H](O)[C@H]2O)[C@H](O)[C@H]1O. The van der Waals surface area contributed by atoms with Gasteiger partial charge in [0, 0.05) is 6.42 Å². The van der Waals surface area contributed by atoms with Crippen LogP contribution in [0.4, 0.5) is 0 Å². The quantitative estimate of drug-likeness (QED) is 0.235. The number of aliphatic hydroxyl groups excluding tert-OH is 7. The Morgan fingerprint density at radius 1 is 0.808 bits per heavy atom. The normalized spacial score (nSPS) is 46.9. The number of rotatable bonds is 6. The zero-order chi connectivity index (χ0) is 19.6. The van der Waals surface area contributed by atoms with Gasteiger partial charge in [-0.3, -0.25) is 4.79 Å². The van der Waals surface area contributed by atoms with E-state index < -0.39 is 74.4 Å². The van der Waals surface area contributed by atoms with Crippen LogP contribution in [0.2, 0.25) is 0 Å². The minimum atomic E-state index is -1.72. The highest BCUT2D eigenvalue weighted by atomic mass is 16.7. The second-order valence-corrected chi connectivity index (χ2v) is 6.58. The summed E-state index contributed by atoms with van der Waals surface area (Å²) in [5.41, 5.74) is 0. The maximum atomic E-state index is 11.2. The zero-order valence-electron chi connectivity index (χ0n) is 14.2. The molecule has 0 aromatic heterocycles. The van der Waals surface area contributed by atoms with E-state index in [1.807, 2.05) is 0 Å². The highest BCUT2D eigenvalue weighted by molar-refractivity contribution is 5.76. The van der Waals surface area contributed by atoms with Crippen molar-refractivity contribution in [2.75, 3.05) is 13.2 Å². The molecule has 0 amide bonds. The van der Waals surface area contributed by atoms with Crippen LogP contribution in [0.3, 0.4) is 0 Å². The van der Waals surface area contributed by atoms with Crippen molar-refractivity contribution in [3.63, 3.8) is 0 Å². The van der Waals surface area contributed by atoms with Crippen molar-refractivity contribution in [2.24, 2.45) is 0 Å². The highest BCUT2D eigenvalue weighted by Crippen LogP contribution is 2.30. The van der Waals surface area contributed by atoms with E-state index in [9.17, 15) is 40.5 Å². The summed E-state index contributed by atoms with van der Waals surface area (Å²) in [6.45, 7) is -0.00546. The van der Waals surface area contributed by atoms with E-state index in [0.717, 1.165) is 0 Å². The van der Waals surface area contributed by atoms with Crippen LogP contribution in [0.25, 0.3) is 0 Å². The van der Waals surface area contributed by atoms with Gasteiger partial charge in [0.05, 0.1) is 19.3 Å². The molecule has 2 rings (SSSR count). The average molecular weight is 382 g/mol. The fourth-order valence-corrected chi connectivity index (χ4v) is 3.12. The minimum Gasteiger partial charge on any atom is -0.394 e. The fourth-order valence-electron chi connectivity index (χ4n) is 3.12. The number of hydrogen-bond donors (Lipinski definition) is 7. The molecule has 11 nitrogen and oxygen atoms in total. The third-order valence-corrected chi connectivity index (χ3v) is 4.59. The first-order chi connectivity index (χ1) is 12.2. The third kappa shape index (κ3) is 4.39. The number of carbonyl (C=O) groups is 1. The molecule has 2 fully saturated rings. The third-order valence-electron chi connectivity index (χ3n) is 4.59. The lowest BCUT2D eigenvalue weighted by atomic mass is 9.92. The molecular weight excluding hydrogens is 356 g/mol. The number of ether oxygens (including phenoxy) is 3. The Hall–Kier alpha value is -0.730. The van der Waals surface area contributed by atoms with Crippen LogP contribution in [0.5, 0.6) is 0 Å². The molecule has 0 spiro atoms. The van der Waals surface area contributed by atoms with Crippen LogP contribution >= 0.6 is 0 Å². The van der Waals surface area contributed by atoms with Crippen LogP contribution in [0.15, 0.2) is 0 Å². The molecule has 7 N–H and O–H groups in total. The largest absolute Gasteiger partial charge is 0.394 e. The Kier molecular flexibility index (Phi) is 7.44. The standard InChI is InChI=1S/C15H26O11/c1-5(18)2-6-9(19)12(22)14(8(4-17)24-6)26-15-13(23)11(21)10(20)7(3-16)25-15/h6-17,19-23H,2-4H2,1H3/t6-,7+,8+,9-,10+,11-,12+,13+,14+,15-/m0/s1. The van der Waals surface area contributed by atoms with Gasteiger partial charge in [0.1, 0.15) is 54.6 Å². The predicted molar refractivity (Wildman–Crippen MR) is 81.7 cm³/mol. The number of carbonyl (C=O) groups excluding carboxylic acids is 1. The van der Waals surface area contributed by atoms with E-state index >= 15 is 0 Å². The lowest BCUT2D eigenvalue weighted by molar-refractivity contribution is -0.341. The molecule has 2 saturated heterocycles. The van der Waals surface area contributed by atoms with E-state index in [1.165, 1.54) is 6.92 Å². The molecule has 2 aliphatic rings. The van der Waals surface area contributed by atoms with E-state index in [4.69, 9.17) is 14.2 Å². The smallest absolute Gasteiger partial charge is 0.187 e. The van der Waals surface area contributed by atoms with Crippen LogP contribution in [-0.4, -0.2) is 116 Å². The summed E-state index contributed by atoms with van der Waals surface area (Å²) in [5, 5.41) is 68.6. The second-order valence-electron chi connectivity index (χ2n) is 6.58. The van der Waals surface area contributed by atoms with Crippen molar-refractivity contribution in [3.05, 3.63) is 0 Å². The Morgan fingerprint density at radius 3 is 1.92 bits per heavy atom. The van der Waals surface area contributed by atoms with Gasteiger partial charge >= 0.3 is 0 Å². The summed E-state index contributed by atoms with van der Waals surface area (Å²) in [6, 6.07) is 0. The van der Waals surface area contributed by atoms with Crippen molar-refractivity contribution in [1.82, 2.24) is 0 Å². The molecule has 0 bridgehead atoms. The fraction of sp³-hybridized carbons (Fsp3) is 0.933. The molecule has 0 aromatic rings. The Bertz CT molecular complexity index is 471. The molecule has 0 saturated carbocycles. The minimum absolute atomic E-state index is 0.179. The summed E-state index contributed by atoms with van der Waals surface area (Å²) in [6.07, 6.45) is -14.6. The first kappa shape index (κ1) is 21.6. The van der Waals surface area contributed by atoms with Gasteiger partial charge in [0.2, 0.25) is 0 Å².